The van der Waals surface area contributed by atoms with Gasteiger partial charge in [0.2, 0.25) is 0 Å². The van der Waals surface area contributed by atoms with E-state index in [0.717, 1.165) is 0 Å². The normalized spacial score (nSPS) is 10.4. The maximum atomic E-state index is 13.3. The van der Waals surface area contributed by atoms with Crippen molar-refractivity contribution in [1.29, 1.82) is 0 Å². The van der Waals surface area contributed by atoms with Crippen molar-refractivity contribution in [3.8, 4) is 0 Å². The average molecular weight is 276 g/mol. The Bertz CT molecular complexity index is 632. The number of anilines is 1. The number of nitrogen functional groups attached to an aromatic ring is 1. The lowest BCUT2D eigenvalue weighted by Crippen LogP contribution is -1.99. The molecule has 0 unspecified atom stereocenters. The molecule has 0 bridgehead atoms. The van der Waals surface area contributed by atoms with Crippen LogP contribution in [-0.4, -0.2) is 4.92 Å². The number of nitrogens with two attached hydrogens (primary N) is 1. The monoisotopic (exact) mass is 276 g/mol. The molecular weight excluding hydrogens is 263 g/mol. The summed E-state index contributed by atoms with van der Waals surface area (Å²) in [6, 6.07) is 10.7. The Balaban J connectivity index is 1.97. The van der Waals surface area contributed by atoms with Gasteiger partial charge in [0.15, 0.2) is 0 Å². The van der Waals surface area contributed by atoms with E-state index < -0.39 is 4.92 Å². The molecule has 0 heterocycles. The first-order valence-electron chi connectivity index (χ1n) is 5.92. The summed E-state index contributed by atoms with van der Waals surface area (Å²) in [7, 11) is 0. The van der Waals surface area contributed by atoms with Crippen LogP contribution in [0.15, 0.2) is 42.5 Å². The summed E-state index contributed by atoms with van der Waals surface area (Å²) >= 11 is 0. The molecule has 0 amide bonds. The summed E-state index contributed by atoms with van der Waals surface area (Å²) in [6.45, 7) is 0.333. The van der Waals surface area contributed by atoms with E-state index in [1.807, 2.05) is 0 Å². The number of nitro benzene ring substituents is 1. The van der Waals surface area contributed by atoms with Gasteiger partial charge in [0, 0.05) is 11.6 Å². The van der Waals surface area contributed by atoms with Crippen LogP contribution in [0.3, 0.4) is 0 Å². The summed E-state index contributed by atoms with van der Waals surface area (Å²) in [4.78, 5) is 10.1. The predicted octanol–water partition coefficient (Wildman–Crippen LogP) is 3.03. The number of hydrogen-bond donors (Lipinski definition) is 1. The molecule has 20 heavy (non-hydrogen) atoms. The van der Waals surface area contributed by atoms with Crippen LogP contribution in [0.5, 0.6) is 0 Å². The highest BCUT2D eigenvalue weighted by atomic mass is 19.1. The van der Waals surface area contributed by atoms with Gasteiger partial charge in [-0.3, -0.25) is 10.1 Å². The number of nitro groups is 1. The van der Waals surface area contributed by atoms with Gasteiger partial charge in [-0.25, -0.2) is 4.39 Å². The van der Waals surface area contributed by atoms with Gasteiger partial charge in [-0.05, 0) is 23.8 Å². The smallest absolute Gasteiger partial charge is 0.292 e. The number of rotatable bonds is 5. The molecular formula is C14H13FN2O3. The first-order valence-corrected chi connectivity index (χ1v) is 5.92. The van der Waals surface area contributed by atoms with E-state index in [9.17, 15) is 14.5 Å². The summed E-state index contributed by atoms with van der Waals surface area (Å²) in [5, 5.41) is 10.6. The van der Waals surface area contributed by atoms with Crippen molar-refractivity contribution in [2.75, 3.05) is 5.73 Å². The highest BCUT2D eigenvalue weighted by molar-refractivity contribution is 5.59. The minimum atomic E-state index is -0.542. The van der Waals surface area contributed by atoms with Crippen LogP contribution in [0.2, 0.25) is 0 Å². The minimum absolute atomic E-state index is 0.0852. The Hall–Kier alpha value is -2.47. The molecule has 0 saturated heterocycles. The Morgan fingerprint density at radius 1 is 1.20 bits per heavy atom. The molecule has 2 aromatic carbocycles. The fourth-order valence-electron chi connectivity index (χ4n) is 1.75. The highest BCUT2D eigenvalue weighted by Gasteiger charge is 2.11. The Morgan fingerprint density at radius 2 is 1.95 bits per heavy atom. The molecule has 0 aromatic heterocycles. The van der Waals surface area contributed by atoms with Gasteiger partial charge in [0.1, 0.15) is 11.5 Å². The van der Waals surface area contributed by atoms with Gasteiger partial charge in [-0.2, -0.15) is 0 Å². The first-order chi connectivity index (χ1) is 9.58. The van der Waals surface area contributed by atoms with E-state index in [4.69, 9.17) is 10.5 Å². The van der Waals surface area contributed by atoms with Crippen LogP contribution in [0.1, 0.15) is 11.1 Å². The second-order valence-corrected chi connectivity index (χ2v) is 4.23. The van der Waals surface area contributed by atoms with E-state index >= 15 is 0 Å². The molecule has 0 aliphatic carbocycles. The SMILES string of the molecule is Nc1cc(COCc2ccccc2F)ccc1[N+](=O)[O-]. The molecule has 2 aromatic rings. The quantitative estimate of drug-likeness (QED) is 0.517. The molecule has 5 nitrogen and oxygen atoms in total. The lowest BCUT2D eigenvalue weighted by molar-refractivity contribution is -0.383. The van der Waals surface area contributed by atoms with Crippen molar-refractivity contribution in [3.05, 3.63) is 69.5 Å². The van der Waals surface area contributed by atoms with Crippen LogP contribution in [0.25, 0.3) is 0 Å². The van der Waals surface area contributed by atoms with Crippen molar-refractivity contribution < 1.29 is 14.1 Å². The number of halogens is 1. The molecule has 6 heteroatoms. The number of nitrogens with zero attached hydrogens (tertiary/aromatic N) is 1. The molecule has 0 aliphatic heterocycles. The number of hydrogen-bond acceptors (Lipinski definition) is 4. The zero-order chi connectivity index (χ0) is 14.5. The molecule has 0 spiro atoms. The Kier molecular flexibility index (Phi) is 4.27. The minimum Gasteiger partial charge on any atom is -0.393 e. The molecule has 104 valence electrons. The summed E-state index contributed by atoms with van der Waals surface area (Å²) in [5.74, 6) is -0.323. The number of benzene rings is 2. The van der Waals surface area contributed by atoms with Crippen LogP contribution < -0.4 is 5.73 Å². The van der Waals surface area contributed by atoms with Crippen LogP contribution in [-0.2, 0) is 18.0 Å². The molecule has 2 rings (SSSR count). The van der Waals surface area contributed by atoms with Gasteiger partial charge in [-0.15, -0.1) is 0 Å². The fourth-order valence-corrected chi connectivity index (χ4v) is 1.75. The second kappa shape index (κ2) is 6.12. The standard InChI is InChI=1S/C14H13FN2O3/c15-12-4-2-1-3-11(12)9-20-8-10-5-6-14(17(18)19)13(16)7-10/h1-7H,8-9,16H2. The third-order valence-corrected chi connectivity index (χ3v) is 2.77. The van der Waals surface area contributed by atoms with Crippen LogP contribution in [0.4, 0.5) is 15.8 Å². The maximum absolute atomic E-state index is 13.3. The largest absolute Gasteiger partial charge is 0.393 e. The predicted molar refractivity (Wildman–Crippen MR) is 72.4 cm³/mol. The first kappa shape index (κ1) is 14.0. The third kappa shape index (κ3) is 3.30. The molecule has 2 N–H and O–H groups in total. The maximum Gasteiger partial charge on any atom is 0.292 e. The van der Waals surface area contributed by atoms with Crippen molar-refractivity contribution in [1.82, 2.24) is 0 Å². The van der Waals surface area contributed by atoms with Crippen molar-refractivity contribution in [2.24, 2.45) is 0 Å². The zero-order valence-electron chi connectivity index (χ0n) is 10.6. The molecule has 0 saturated carbocycles. The summed E-state index contributed by atoms with van der Waals surface area (Å²) in [6.07, 6.45) is 0. The molecule has 0 aliphatic rings. The van der Waals surface area contributed by atoms with Crippen molar-refractivity contribution >= 4 is 11.4 Å². The van der Waals surface area contributed by atoms with Gasteiger partial charge in [0.25, 0.3) is 5.69 Å². The van der Waals surface area contributed by atoms with E-state index in [-0.39, 0.29) is 30.4 Å². The highest BCUT2D eigenvalue weighted by Crippen LogP contribution is 2.22. The van der Waals surface area contributed by atoms with E-state index in [1.165, 1.54) is 18.2 Å². The van der Waals surface area contributed by atoms with E-state index in [2.05, 4.69) is 0 Å². The number of ether oxygens (including phenoxy) is 1. The second-order valence-electron chi connectivity index (χ2n) is 4.23. The Labute approximate surface area is 114 Å². The van der Waals surface area contributed by atoms with Gasteiger partial charge in [-0.1, -0.05) is 18.2 Å². The molecule has 0 atom stereocenters. The molecule has 0 fully saturated rings. The van der Waals surface area contributed by atoms with E-state index in [1.54, 1.807) is 24.3 Å². The Morgan fingerprint density at radius 3 is 2.60 bits per heavy atom. The van der Waals surface area contributed by atoms with Gasteiger partial charge in [0.05, 0.1) is 18.1 Å². The van der Waals surface area contributed by atoms with Crippen molar-refractivity contribution in [3.63, 3.8) is 0 Å². The van der Waals surface area contributed by atoms with Gasteiger partial charge >= 0.3 is 0 Å². The molecule has 0 radical (unpaired) electrons. The zero-order valence-corrected chi connectivity index (χ0v) is 10.6. The lowest BCUT2D eigenvalue weighted by atomic mass is 10.2. The summed E-state index contributed by atoms with van der Waals surface area (Å²) < 4.78 is 18.7. The topological polar surface area (TPSA) is 78.4 Å². The van der Waals surface area contributed by atoms with Crippen LogP contribution >= 0.6 is 0 Å². The average Bonchev–Trinajstić information content (AvgIpc) is 2.40. The van der Waals surface area contributed by atoms with Crippen LogP contribution in [0, 0.1) is 15.9 Å². The van der Waals surface area contributed by atoms with E-state index in [0.29, 0.717) is 11.1 Å². The van der Waals surface area contributed by atoms with Gasteiger partial charge < -0.3 is 10.5 Å². The lowest BCUT2D eigenvalue weighted by Gasteiger charge is -2.06. The van der Waals surface area contributed by atoms with Crippen molar-refractivity contribution in [2.45, 2.75) is 13.2 Å². The summed E-state index contributed by atoms with van der Waals surface area (Å²) in [5.41, 5.74) is 6.68. The third-order valence-electron chi connectivity index (χ3n) is 2.77. The fraction of sp³-hybridized carbons (Fsp3) is 0.143.